The molecule has 2 aromatic rings. The number of carbonyl (C=O) groups excluding carboxylic acids is 2. The van der Waals surface area contributed by atoms with Gasteiger partial charge in [-0.25, -0.2) is 4.39 Å². The Morgan fingerprint density at radius 3 is 2.35 bits per heavy atom. The molecule has 1 N–H and O–H groups in total. The highest BCUT2D eigenvalue weighted by molar-refractivity contribution is 5.95. The van der Waals surface area contributed by atoms with Gasteiger partial charge in [-0.3, -0.25) is 9.59 Å². The van der Waals surface area contributed by atoms with Gasteiger partial charge in [-0.2, -0.15) is 0 Å². The SMILES string of the molecule is O=C(CNC(=O)c1ccccc1)OCCOc1ccc(F)cc1. The Morgan fingerprint density at radius 1 is 0.957 bits per heavy atom. The second kappa shape index (κ2) is 8.53. The highest BCUT2D eigenvalue weighted by Gasteiger charge is 2.08. The van der Waals surface area contributed by atoms with Crippen molar-refractivity contribution in [2.75, 3.05) is 19.8 Å². The molecule has 2 rings (SSSR count). The van der Waals surface area contributed by atoms with Crippen LogP contribution in [0.5, 0.6) is 5.75 Å². The molecule has 0 saturated carbocycles. The normalized spacial score (nSPS) is 9.96. The number of benzene rings is 2. The lowest BCUT2D eigenvalue weighted by molar-refractivity contribution is -0.143. The Morgan fingerprint density at radius 2 is 1.65 bits per heavy atom. The van der Waals surface area contributed by atoms with Crippen molar-refractivity contribution in [1.82, 2.24) is 5.32 Å². The average Bonchev–Trinajstić information content (AvgIpc) is 2.59. The van der Waals surface area contributed by atoms with Gasteiger partial charge in [-0.05, 0) is 36.4 Å². The number of nitrogens with one attached hydrogen (secondary N) is 1. The predicted molar refractivity (Wildman–Crippen MR) is 81.6 cm³/mol. The van der Waals surface area contributed by atoms with E-state index in [2.05, 4.69) is 5.32 Å². The molecule has 0 saturated heterocycles. The number of esters is 1. The van der Waals surface area contributed by atoms with E-state index < -0.39 is 5.97 Å². The third kappa shape index (κ3) is 5.78. The number of hydrogen-bond acceptors (Lipinski definition) is 4. The number of halogens is 1. The summed E-state index contributed by atoms with van der Waals surface area (Å²) >= 11 is 0. The van der Waals surface area contributed by atoms with Crippen LogP contribution in [0.3, 0.4) is 0 Å². The van der Waals surface area contributed by atoms with E-state index in [1.54, 1.807) is 30.3 Å². The Hall–Kier alpha value is -2.89. The quantitative estimate of drug-likeness (QED) is 0.628. The zero-order chi connectivity index (χ0) is 16.5. The molecular weight excluding hydrogens is 301 g/mol. The van der Waals surface area contributed by atoms with Crippen LogP contribution in [0.2, 0.25) is 0 Å². The molecule has 0 aliphatic carbocycles. The van der Waals surface area contributed by atoms with Crippen molar-refractivity contribution in [1.29, 1.82) is 0 Å². The number of hydrogen-bond donors (Lipinski definition) is 1. The summed E-state index contributed by atoms with van der Waals surface area (Å²) in [5.74, 6) is -0.764. The molecule has 23 heavy (non-hydrogen) atoms. The molecule has 0 atom stereocenters. The smallest absolute Gasteiger partial charge is 0.325 e. The summed E-state index contributed by atoms with van der Waals surface area (Å²) in [5.41, 5.74) is 0.472. The van der Waals surface area contributed by atoms with Crippen molar-refractivity contribution >= 4 is 11.9 Å². The van der Waals surface area contributed by atoms with Crippen LogP contribution in [0.1, 0.15) is 10.4 Å². The van der Waals surface area contributed by atoms with Crippen LogP contribution >= 0.6 is 0 Å². The largest absolute Gasteiger partial charge is 0.490 e. The van der Waals surface area contributed by atoms with Gasteiger partial charge in [0.05, 0.1) is 0 Å². The molecule has 0 radical (unpaired) electrons. The van der Waals surface area contributed by atoms with Crippen LogP contribution in [0.25, 0.3) is 0 Å². The second-order valence-electron chi connectivity index (χ2n) is 4.57. The number of rotatable bonds is 7. The fourth-order valence-electron chi connectivity index (χ4n) is 1.74. The van der Waals surface area contributed by atoms with Crippen LogP contribution in [-0.2, 0) is 9.53 Å². The van der Waals surface area contributed by atoms with Crippen molar-refractivity contribution in [3.8, 4) is 5.75 Å². The van der Waals surface area contributed by atoms with E-state index in [1.165, 1.54) is 24.3 Å². The predicted octanol–water partition coefficient (Wildman–Crippen LogP) is 2.18. The summed E-state index contributed by atoms with van der Waals surface area (Å²) in [6, 6.07) is 14.1. The summed E-state index contributed by atoms with van der Waals surface area (Å²) < 4.78 is 22.9. The van der Waals surface area contributed by atoms with Crippen molar-refractivity contribution < 1.29 is 23.5 Å². The second-order valence-corrected chi connectivity index (χ2v) is 4.57. The van der Waals surface area contributed by atoms with E-state index in [9.17, 15) is 14.0 Å². The zero-order valence-corrected chi connectivity index (χ0v) is 12.3. The monoisotopic (exact) mass is 317 g/mol. The molecule has 0 aromatic heterocycles. The third-order valence-corrected chi connectivity index (χ3v) is 2.86. The molecule has 0 aliphatic rings. The molecular formula is C17H16FNO4. The first-order valence-electron chi connectivity index (χ1n) is 7.02. The van der Waals surface area contributed by atoms with Crippen molar-refractivity contribution in [2.24, 2.45) is 0 Å². The van der Waals surface area contributed by atoms with Gasteiger partial charge in [0.25, 0.3) is 5.91 Å². The maximum atomic E-state index is 12.7. The van der Waals surface area contributed by atoms with E-state index in [1.807, 2.05) is 0 Å². The van der Waals surface area contributed by atoms with Crippen molar-refractivity contribution in [3.05, 3.63) is 66.0 Å². The summed E-state index contributed by atoms with van der Waals surface area (Å²) in [6.07, 6.45) is 0. The maximum Gasteiger partial charge on any atom is 0.325 e. The molecule has 2 aromatic carbocycles. The minimum Gasteiger partial charge on any atom is -0.490 e. The Bertz CT molecular complexity index is 643. The fraction of sp³-hybridized carbons (Fsp3) is 0.176. The molecule has 5 nitrogen and oxygen atoms in total. The lowest BCUT2D eigenvalue weighted by Gasteiger charge is -2.08. The van der Waals surface area contributed by atoms with E-state index in [0.717, 1.165) is 0 Å². The van der Waals surface area contributed by atoms with Crippen LogP contribution in [-0.4, -0.2) is 31.6 Å². The molecule has 0 fully saturated rings. The summed E-state index contributed by atoms with van der Waals surface area (Å²) in [7, 11) is 0. The summed E-state index contributed by atoms with van der Waals surface area (Å²) in [6.45, 7) is -0.0360. The van der Waals surface area contributed by atoms with Gasteiger partial charge in [0.1, 0.15) is 31.3 Å². The van der Waals surface area contributed by atoms with E-state index in [0.29, 0.717) is 11.3 Å². The van der Waals surface area contributed by atoms with E-state index >= 15 is 0 Å². The number of carbonyl (C=O) groups is 2. The van der Waals surface area contributed by atoms with Gasteiger partial charge in [0.2, 0.25) is 0 Å². The minimum absolute atomic E-state index is 0.0391. The first kappa shape index (κ1) is 16.5. The van der Waals surface area contributed by atoms with E-state index in [-0.39, 0.29) is 31.5 Å². The van der Waals surface area contributed by atoms with Crippen LogP contribution < -0.4 is 10.1 Å². The Balaban J connectivity index is 1.62. The molecule has 1 amide bonds. The van der Waals surface area contributed by atoms with E-state index in [4.69, 9.17) is 9.47 Å². The molecule has 6 heteroatoms. The zero-order valence-electron chi connectivity index (χ0n) is 12.3. The molecule has 0 bridgehead atoms. The van der Waals surface area contributed by atoms with Gasteiger partial charge in [0, 0.05) is 5.56 Å². The molecule has 120 valence electrons. The first-order valence-corrected chi connectivity index (χ1v) is 7.02. The molecule has 0 spiro atoms. The third-order valence-electron chi connectivity index (χ3n) is 2.86. The highest BCUT2D eigenvalue weighted by Crippen LogP contribution is 2.10. The maximum absolute atomic E-state index is 12.7. The van der Waals surface area contributed by atoms with Crippen molar-refractivity contribution in [3.63, 3.8) is 0 Å². The summed E-state index contributed by atoms with van der Waals surface area (Å²) in [5, 5.41) is 2.47. The molecule has 0 aliphatic heterocycles. The number of ether oxygens (including phenoxy) is 2. The number of amides is 1. The lowest BCUT2D eigenvalue weighted by Crippen LogP contribution is -2.31. The highest BCUT2D eigenvalue weighted by atomic mass is 19.1. The van der Waals surface area contributed by atoms with Crippen LogP contribution in [0.4, 0.5) is 4.39 Å². The summed E-state index contributed by atoms with van der Waals surface area (Å²) in [4.78, 5) is 23.2. The average molecular weight is 317 g/mol. The first-order chi connectivity index (χ1) is 11.1. The standard InChI is InChI=1S/C17H16FNO4/c18-14-6-8-15(9-7-14)22-10-11-23-16(20)12-19-17(21)13-4-2-1-3-5-13/h1-9H,10-12H2,(H,19,21). The van der Waals surface area contributed by atoms with Gasteiger partial charge < -0.3 is 14.8 Å². The Labute approximate surface area is 133 Å². The minimum atomic E-state index is -0.558. The van der Waals surface area contributed by atoms with Crippen LogP contribution in [0.15, 0.2) is 54.6 Å². The molecule has 0 unspecified atom stereocenters. The molecule has 0 heterocycles. The van der Waals surface area contributed by atoms with Gasteiger partial charge in [-0.15, -0.1) is 0 Å². The van der Waals surface area contributed by atoms with Gasteiger partial charge in [-0.1, -0.05) is 18.2 Å². The van der Waals surface area contributed by atoms with Crippen LogP contribution in [0, 0.1) is 5.82 Å². The fourth-order valence-corrected chi connectivity index (χ4v) is 1.74. The Kier molecular flexibility index (Phi) is 6.11. The topological polar surface area (TPSA) is 64.6 Å². The lowest BCUT2D eigenvalue weighted by atomic mass is 10.2. The van der Waals surface area contributed by atoms with Gasteiger partial charge >= 0.3 is 5.97 Å². The van der Waals surface area contributed by atoms with Gasteiger partial charge in [0.15, 0.2) is 0 Å². The van der Waals surface area contributed by atoms with Crippen molar-refractivity contribution in [2.45, 2.75) is 0 Å².